The molecule has 1 aliphatic rings. The fourth-order valence-corrected chi connectivity index (χ4v) is 2.02. The van der Waals surface area contributed by atoms with E-state index in [0.29, 0.717) is 0 Å². The Labute approximate surface area is 89.6 Å². The van der Waals surface area contributed by atoms with Crippen molar-refractivity contribution >= 4 is 5.82 Å². The van der Waals surface area contributed by atoms with Gasteiger partial charge in [-0.3, -0.25) is 4.57 Å². The first-order valence-electron chi connectivity index (χ1n) is 5.45. The molecule has 4 heteroatoms. The number of piperidine rings is 1. The maximum atomic E-state index is 11.4. The SMILES string of the molecule is CC1CCN(c2ccnc(=O)n2C)CC1. The Morgan fingerprint density at radius 3 is 2.73 bits per heavy atom. The first-order chi connectivity index (χ1) is 7.18. The second-order valence-corrected chi connectivity index (χ2v) is 4.31. The van der Waals surface area contributed by atoms with E-state index in [-0.39, 0.29) is 5.69 Å². The molecule has 1 saturated heterocycles. The van der Waals surface area contributed by atoms with Gasteiger partial charge in [-0.15, -0.1) is 0 Å². The molecule has 1 aliphatic heterocycles. The summed E-state index contributed by atoms with van der Waals surface area (Å²) in [5.74, 6) is 1.79. The zero-order valence-electron chi connectivity index (χ0n) is 9.31. The van der Waals surface area contributed by atoms with E-state index >= 15 is 0 Å². The van der Waals surface area contributed by atoms with E-state index in [0.717, 1.165) is 24.8 Å². The van der Waals surface area contributed by atoms with Gasteiger partial charge in [0.1, 0.15) is 5.82 Å². The van der Waals surface area contributed by atoms with Crippen molar-refractivity contribution in [2.24, 2.45) is 13.0 Å². The maximum Gasteiger partial charge on any atom is 0.348 e. The van der Waals surface area contributed by atoms with E-state index in [4.69, 9.17) is 0 Å². The van der Waals surface area contributed by atoms with E-state index in [1.165, 1.54) is 12.8 Å². The third kappa shape index (κ3) is 2.03. The van der Waals surface area contributed by atoms with Gasteiger partial charge in [-0.1, -0.05) is 6.92 Å². The molecule has 2 heterocycles. The van der Waals surface area contributed by atoms with E-state index in [9.17, 15) is 4.79 Å². The summed E-state index contributed by atoms with van der Waals surface area (Å²) in [6.07, 6.45) is 4.00. The zero-order chi connectivity index (χ0) is 10.8. The van der Waals surface area contributed by atoms with Crippen molar-refractivity contribution in [3.63, 3.8) is 0 Å². The van der Waals surface area contributed by atoms with Crippen LogP contribution >= 0.6 is 0 Å². The molecule has 0 aromatic carbocycles. The van der Waals surface area contributed by atoms with Gasteiger partial charge in [-0.05, 0) is 24.8 Å². The van der Waals surface area contributed by atoms with Crippen molar-refractivity contribution in [3.8, 4) is 0 Å². The number of hydrogen-bond acceptors (Lipinski definition) is 3. The molecule has 0 spiro atoms. The van der Waals surface area contributed by atoms with Gasteiger partial charge < -0.3 is 4.90 Å². The van der Waals surface area contributed by atoms with Crippen LogP contribution in [0.15, 0.2) is 17.1 Å². The molecular weight excluding hydrogens is 190 g/mol. The minimum absolute atomic E-state index is 0.175. The molecule has 0 unspecified atom stereocenters. The fraction of sp³-hybridized carbons (Fsp3) is 0.636. The third-order valence-electron chi connectivity index (χ3n) is 3.15. The van der Waals surface area contributed by atoms with Gasteiger partial charge >= 0.3 is 5.69 Å². The Bertz CT molecular complexity index is 391. The van der Waals surface area contributed by atoms with Crippen LogP contribution in [0.3, 0.4) is 0 Å². The zero-order valence-corrected chi connectivity index (χ0v) is 9.31. The van der Waals surface area contributed by atoms with Gasteiger partial charge in [0.25, 0.3) is 0 Å². The van der Waals surface area contributed by atoms with Crippen LogP contribution in [0.1, 0.15) is 19.8 Å². The van der Waals surface area contributed by atoms with Crippen LogP contribution in [0.5, 0.6) is 0 Å². The summed E-state index contributed by atoms with van der Waals surface area (Å²) < 4.78 is 1.62. The van der Waals surface area contributed by atoms with Crippen LogP contribution in [-0.4, -0.2) is 22.6 Å². The Morgan fingerprint density at radius 2 is 2.07 bits per heavy atom. The Hall–Kier alpha value is -1.32. The maximum absolute atomic E-state index is 11.4. The summed E-state index contributed by atoms with van der Waals surface area (Å²) in [6, 6.07) is 1.91. The van der Waals surface area contributed by atoms with Crippen molar-refractivity contribution < 1.29 is 0 Å². The summed E-state index contributed by atoms with van der Waals surface area (Å²) >= 11 is 0. The number of aromatic nitrogens is 2. The molecule has 0 saturated carbocycles. The average Bonchev–Trinajstić information content (AvgIpc) is 2.24. The smallest absolute Gasteiger partial charge is 0.348 e. The highest BCUT2D eigenvalue weighted by atomic mass is 16.1. The molecule has 0 bridgehead atoms. The summed E-state index contributed by atoms with van der Waals surface area (Å²) in [6.45, 7) is 4.36. The van der Waals surface area contributed by atoms with Gasteiger partial charge in [-0.25, -0.2) is 9.78 Å². The first-order valence-corrected chi connectivity index (χ1v) is 5.45. The topological polar surface area (TPSA) is 38.1 Å². The molecular formula is C11H17N3O. The summed E-state index contributed by atoms with van der Waals surface area (Å²) in [4.78, 5) is 17.4. The van der Waals surface area contributed by atoms with Gasteiger partial charge in [-0.2, -0.15) is 0 Å². The first kappa shape index (κ1) is 10.2. The lowest BCUT2D eigenvalue weighted by atomic mass is 9.99. The summed E-state index contributed by atoms with van der Waals surface area (Å²) in [7, 11) is 1.78. The molecule has 1 aromatic heterocycles. The Balaban J connectivity index is 2.23. The predicted molar refractivity (Wildman–Crippen MR) is 60.1 cm³/mol. The normalized spacial score (nSPS) is 18.1. The van der Waals surface area contributed by atoms with Gasteiger partial charge in [0.05, 0.1) is 0 Å². The summed E-state index contributed by atoms with van der Waals surface area (Å²) in [5, 5.41) is 0. The number of anilines is 1. The van der Waals surface area contributed by atoms with Crippen molar-refractivity contribution in [2.45, 2.75) is 19.8 Å². The van der Waals surface area contributed by atoms with E-state index < -0.39 is 0 Å². The van der Waals surface area contributed by atoms with E-state index in [2.05, 4.69) is 16.8 Å². The minimum atomic E-state index is -0.175. The molecule has 2 rings (SSSR count). The minimum Gasteiger partial charge on any atom is -0.358 e. The second kappa shape index (κ2) is 4.04. The van der Waals surface area contributed by atoms with Crippen LogP contribution in [0, 0.1) is 5.92 Å². The predicted octanol–water partition coefficient (Wildman–Crippen LogP) is 1.02. The number of rotatable bonds is 1. The van der Waals surface area contributed by atoms with Gasteiger partial charge in [0.2, 0.25) is 0 Å². The molecule has 0 amide bonds. The molecule has 82 valence electrons. The lowest BCUT2D eigenvalue weighted by Gasteiger charge is -2.32. The molecule has 0 N–H and O–H groups in total. The van der Waals surface area contributed by atoms with Crippen molar-refractivity contribution in [1.29, 1.82) is 0 Å². The van der Waals surface area contributed by atoms with Crippen molar-refractivity contribution in [3.05, 3.63) is 22.7 Å². The van der Waals surface area contributed by atoms with Gasteiger partial charge in [0, 0.05) is 26.3 Å². The van der Waals surface area contributed by atoms with E-state index in [1.807, 2.05) is 6.07 Å². The lowest BCUT2D eigenvalue weighted by Crippen LogP contribution is -2.37. The second-order valence-electron chi connectivity index (χ2n) is 4.31. The standard InChI is InChI=1S/C11H17N3O/c1-9-4-7-14(8-5-9)10-3-6-12-11(15)13(10)2/h3,6,9H,4-5,7-8H2,1-2H3. The van der Waals surface area contributed by atoms with E-state index in [1.54, 1.807) is 17.8 Å². The molecule has 15 heavy (non-hydrogen) atoms. The third-order valence-corrected chi connectivity index (χ3v) is 3.15. The lowest BCUT2D eigenvalue weighted by molar-refractivity contribution is 0.433. The van der Waals surface area contributed by atoms with Gasteiger partial charge in [0.15, 0.2) is 0 Å². The van der Waals surface area contributed by atoms with Crippen LogP contribution in [0.25, 0.3) is 0 Å². The quantitative estimate of drug-likeness (QED) is 0.690. The molecule has 1 fully saturated rings. The molecule has 4 nitrogen and oxygen atoms in total. The highest BCUT2D eigenvalue weighted by molar-refractivity contribution is 5.38. The number of hydrogen-bond donors (Lipinski definition) is 0. The Morgan fingerprint density at radius 1 is 1.40 bits per heavy atom. The monoisotopic (exact) mass is 207 g/mol. The summed E-state index contributed by atoms with van der Waals surface area (Å²) in [5.41, 5.74) is -0.175. The van der Waals surface area contributed by atoms with Crippen LogP contribution < -0.4 is 10.6 Å². The highest BCUT2D eigenvalue weighted by Crippen LogP contribution is 2.20. The number of nitrogens with zero attached hydrogens (tertiary/aromatic N) is 3. The van der Waals surface area contributed by atoms with Crippen LogP contribution in [0.2, 0.25) is 0 Å². The van der Waals surface area contributed by atoms with Crippen molar-refractivity contribution in [2.75, 3.05) is 18.0 Å². The van der Waals surface area contributed by atoms with Crippen molar-refractivity contribution in [1.82, 2.24) is 9.55 Å². The largest absolute Gasteiger partial charge is 0.358 e. The molecule has 0 aliphatic carbocycles. The molecule has 0 atom stereocenters. The molecule has 0 radical (unpaired) electrons. The molecule has 1 aromatic rings. The highest BCUT2D eigenvalue weighted by Gasteiger charge is 2.17. The van der Waals surface area contributed by atoms with Crippen LogP contribution in [0.4, 0.5) is 5.82 Å². The average molecular weight is 207 g/mol. The Kier molecular flexibility index (Phi) is 2.75. The van der Waals surface area contributed by atoms with Crippen LogP contribution in [-0.2, 0) is 7.05 Å². The fourth-order valence-electron chi connectivity index (χ4n) is 2.02.